The van der Waals surface area contributed by atoms with Crippen LogP contribution in [0, 0.1) is 5.41 Å². The van der Waals surface area contributed by atoms with Crippen molar-refractivity contribution in [1.82, 2.24) is 30.7 Å². The molecular weight excluding hydrogens is 1980 g/mol. The van der Waals surface area contributed by atoms with Crippen LogP contribution in [0.2, 0.25) is 10.0 Å². The van der Waals surface area contributed by atoms with Crippen LogP contribution in [-0.4, -0.2) is 231 Å². The number of ketones is 6. The average molecular weight is 2100 g/mol. The van der Waals surface area contributed by atoms with Crippen LogP contribution >= 0.6 is 107 Å². The van der Waals surface area contributed by atoms with Crippen LogP contribution < -0.4 is 16.0 Å². The van der Waals surface area contributed by atoms with E-state index in [0.29, 0.717) is 146 Å². The standard InChI is InChI=1S/C34H34BrN3O5S2.C34H33Cl2N3O5S2.C22H26N2O4S.C16H19NOS/c1-22(27-21-44-33(32(27)41)24-7-9-26(35)10-8-24)37-20-29(40)31-13-12-30(45-31)28(39)11-4-23-2-5-25(6-3-23)34(42)36-14-15-38-16-18-43-19-17-38;1-21(25-20-45-33(32(25)42)24-7-8-26(35)27(36)18-24)38-19-29(41)31-11-10-30(46-31)28(40)9-4-22-2-5-23(6-3-22)34(43)37-12-13-39-14-16-44-17-15-39;1-16(25)20-8-9-21(29-20)19(26)7-4-17-2-5-18(6-3-17)22(27)23-10-11-24-12-14-28-15-13-24;1-10(17)13-9-19-15(14(13)18)11-5-7-12(8-6-11)16(2,3)4/h2-3,5-10,12-13,21,41H,4,11,14-20H2,1H3,(H,36,42);2-3,5-8,10-11,18,20,42H,4,9,12-17,19H2,1H3,(H,37,43);2-3,5-6,8-9H,4,7,10-15H2,1H3,(H,23,27);5-9,17-18H,1-4H3. The molecule has 24 nitrogen and oxygen atoms in total. The lowest BCUT2D eigenvalue weighted by molar-refractivity contribution is 0.0382. The van der Waals surface area contributed by atoms with E-state index in [1.165, 1.54) is 69.2 Å². The van der Waals surface area contributed by atoms with Crippen LogP contribution in [-0.2, 0) is 38.9 Å². The number of rotatable bonds is 37. The van der Waals surface area contributed by atoms with Gasteiger partial charge in [0.15, 0.2) is 34.7 Å². The van der Waals surface area contributed by atoms with E-state index < -0.39 is 0 Å². The molecule has 3 aliphatic rings. The Morgan fingerprint density at radius 3 is 1.04 bits per heavy atom. The van der Waals surface area contributed by atoms with Crippen LogP contribution in [0.15, 0.2) is 207 Å². The van der Waals surface area contributed by atoms with E-state index in [9.17, 15) is 58.5 Å². The lowest BCUT2D eigenvalue weighted by Gasteiger charge is -2.26. The number of aromatic hydroxyl groups is 3. The lowest BCUT2D eigenvalue weighted by atomic mass is 9.86. The summed E-state index contributed by atoms with van der Waals surface area (Å²) in [7, 11) is 0. The van der Waals surface area contributed by atoms with Crippen molar-refractivity contribution >= 4 is 177 Å². The monoisotopic (exact) mass is 2090 g/mol. The number of Topliss-reactive ketones (excluding diaryl/α,β-unsaturated/α-hetero) is 6. The Hall–Kier alpha value is -10.8. The van der Waals surface area contributed by atoms with Gasteiger partial charge in [-0.2, -0.15) is 0 Å². The molecule has 3 fully saturated rings. The molecule has 0 saturated carbocycles. The largest absolute Gasteiger partial charge is 0.506 e. The van der Waals surface area contributed by atoms with E-state index >= 15 is 0 Å². The van der Waals surface area contributed by atoms with Crippen molar-refractivity contribution in [1.29, 1.82) is 5.41 Å². The quantitative estimate of drug-likeness (QED) is 0.0140. The summed E-state index contributed by atoms with van der Waals surface area (Å²) in [6.45, 7) is 27.0. The van der Waals surface area contributed by atoms with Crippen molar-refractivity contribution in [2.24, 2.45) is 9.98 Å². The van der Waals surface area contributed by atoms with Crippen molar-refractivity contribution in [2.75, 3.05) is 131 Å². The van der Waals surface area contributed by atoms with Gasteiger partial charge >= 0.3 is 0 Å². The van der Waals surface area contributed by atoms with Gasteiger partial charge in [-0.05, 0) is 188 Å². The number of nitrogens with one attached hydrogen (secondary N) is 4. The third-order valence-corrected chi connectivity index (χ3v) is 31.1. The van der Waals surface area contributed by atoms with Gasteiger partial charge in [0.25, 0.3) is 17.7 Å². The fourth-order valence-electron chi connectivity index (χ4n) is 14.8. The number of aryl methyl sites for hydroxylation is 3. The first kappa shape index (κ1) is 107. The average Bonchev–Trinajstić information content (AvgIpc) is 1.70. The van der Waals surface area contributed by atoms with Crippen LogP contribution in [0.1, 0.15) is 196 Å². The summed E-state index contributed by atoms with van der Waals surface area (Å²) in [4.78, 5) is 133. The molecule has 33 heteroatoms. The maximum atomic E-state index is 12.9. The first-order chi connectivity index (χ1) is 66.8. The third-order valence-electron chi connectivity index (χ3n) is 23.3. The number of amides is 3. The van der Waals surface area contributed by atoms with E-state index in [1.807, 2.05) is 83.6 Å². The Kier molecular flexibility index (Phi) is 40.5. The predicted octanol–water partition coefficient (Wildman–Crippen LogP) is 21.2. The molecule has 0 aliphatic carbocycles. The fraction of sp³-hybridized carbons (Fsp3) is 0.321. The number of hydrogen-bond acceptors (Lipinski definition) is 27. The Morgan fingerprint density at radius 1 is 0.403 bits per heavy atom. The summed E-state index contributed by atoms with van der Waals surface area (Å²) in [5.74, 6) is -0.334. The van der Waals surface area contributed by atoms with Crippen LogP contribution in [0.5, 0.6) is 17.2 Å². The van der Waals surface area contributed by atoms with Crippen molar-refractivity contribution in [3.05, 3.63) is 291 Å². The van der Waals surface area contributed by atoms with Gasteiger partial charge in [0.2, 0.25) is 0 Å². The van der Waals surface area contributed by atoms with E-state index in [4.69, 9.17) is 42.8 Å². The Balaban J connectivity index is 0.000000174. The molecule has 0 radical (unpaired) electrons. The number of nitrogens with zero attached hydrogens (tertiary/aromatic N) is 5. The number of aliphatic imine (C=N–C) groups is 2. The molecule has 0 bridgehead atoms. The first-order valence-corrected chi connectivity index (χ1v) is 52.2. The molecule has 12 aromatic rings. The molecule has 7 N–H and O–H groups in total. The highest BCUT2D eigenvalue weighted by molar-refractivity contribution is 9.10. The summed E-state index contributed by atoms with van der Waals surface area (Å²) in [5.41, 5.74) is 12.0. The number of carbonyl (C=O) groups is 9. The molecule has 728 valence electrons. The normalized spacial score (nSPS) is 13.7. The number of halogens is 3. The Bertz CT molecular complexity index is 6340. The van der Waals surface area contributed by atoms with E-state index in [1.54, 1.807) is 117 Å². The zero-order chi connectivity index (χ0) is 99.2. The molecule has 3 amide bonds. The van der Waals surface area contributed by atoms with Crippen LogP contribution in [0.25, 0.3) is 31.3 Å². The van der Waals surface area contributed by atoms with Gasteiger partial charge in [-0.25, -0.2) is 0 Å². The molecule has 139 heavy (non-hydrogen) atoms. The maximum Gasteiger partial charge on any atom is 0.251 e. The topological polar surface area (TPSA) is 336 Å². The number of ether oxygens (including phenoxy) is 3. The van der Waals surface area contributed by atoms with E-state index in [2.05, 4.69) is 89.5 Å². The molecule has 3 saturated heterocycles. The van der Waals surface area contributed by atoms with Crippen molar-refractivity contribution < 1.29 is 72.7 Å². The van der Waals surface area contributed by atoms with Gasteiger partial charge in [-0.3, -0.25) is 67.8 Å². The van der Waals surface area contributed by atoms with Gasteiger partial charge in [-0.1, -0.05) is 139 Å². The second-order valence-corrected chi connectivity index (χ2v) is 41.9. The second-order valence-electron chi connectivity index (χ2n) is 34.3. The number of morpholine rings is 3. The molecule has 15 rings (SSSR count). The number of thiophene rings is 6. The summed E-state index contributed by atoms with van der Waals surface area (Å²) in [6.07, 6.45) is 2.63. The third kappa shape index (κ3) is 31.6. The molecule has 6 aromatic heterocycles. The molecule has 9 heterocycles. The number of benzene rings is 6. The van der Waals surface area contributed by atoms with Crippen LogP contribution in [0.4, 0.5) is 0 Å². The van der Waals surface area contributed by atoms with Gasteiger partial charge < -0.3 is 50.9 Å². The SMILES string of the molecule is CC(=N)c1csc(-c2ccc(C(C)(C)C)cc2)c1O.CC(=NCC(=O)c1ccc(C(=O)CCc2ccc(C(=O)NCCN3CCOCC3)cc2)s1)c1csc(-c2ccc(Br)cc2)c1O.CC(=NCC(=O)c1ccc(C(=O)CCc2ccc(C(=O)NCCN3CCOCC3)cc2)s1)c1csc(-c2ccc(Cl)c(Cl)c2)c1O.CC(=O)c1ccc(C(=O)CCc2ccc(C(=O)NCCN3CCOCC3)cc2)s1. The van der Waals surface area contributed by atoms with Gasteiger partial charge in [0.1, 0.15) is 30.3 Å². The van der Waals surface area contributed by atoms with Crippen molar-refractivity contribution in [3.63, 3.8) is 0 Å². The maximum absolute atomic E-state index is 12.9. The van der Waals surface area contributed by atoms with Crippen molar-refractivity contribution in [3.8, 4) is 48.6 Å². The van der Waals surface area contributed by atoms with E-state index in [-0.39, 0.29) is 94.6 Å². The second kappa shape index (κ2) is 52.6. The highest BCUT2D eigenvalue weighted by atomic mass is 79.9. The zero-order valence-corrected chi connectivity index (χ0v) is 86.4. The minimum atomic E-state index is -0.207. The molecule has 0 unspecified atom stereocenters. The molecule has 3 aliphatic heterocycles. The molecule has 0 spiro atoms. The van der Waals surface area contributed by atoms with Gasteiger partial charge in [0, 0.05) is 169 Å². The predicted molar refractivity (Wildman–Crippen MR) is 565 cm³/mol. The van der Waals surface area contributed by atoms with Gasteiger partial charge in [0.05, 0.1) is 93.6 Å². The zero-order valence-electron chi connectivity index (χ0n) is 78.4. The smallest absolute Gasteiger partial charge is 0.251 e. The molecule has 0 atom stereocenters. The van der Waals surface area contributed by atoms with Crippen molar-refractivity contribution in [2.45, 2.75) is 92.4 Å². The summed E-state index contributed by atoms with van der Waals surface area (Å²) >= 11 is 23.4. The molecular formula is C106H112BrCl2N9O15S6. The van der Waals surface area contributed by atoms with E-state index in [0.717, 1.165) is 157 Å². The Morgan fingerprint density at radius 2 is 0.712 bits per heavy atom. The summed E-state index contributed by atoms with van der Waals surface area (Å²) in [5, 5.41) is 54.5. The minimum Gasteiger partial charge on any atom is -0.506 e. The summed E-state index contributed by atoms with van der Waals surface area (Å²) < 4.78 is 17.0. The lowest BCUT2D eigenvalue weighted by Crippen LogP contribution is -2.41. The molecule has 6 aromatic carbocycles. The number of hydrogen-bond donors (Lipinski definition) is 7. The summed E-state index contributed by atoms with van der Waals surface area (Å²) in [6, 6.07) is 53.2. The first-order valence-electron chi connectivity index (χ1n) is 45.6. The Labute approximate surface area is 852 Å². The van der Waals surface area contributed by atoms with Crippen LogP contribution in [0.3, 0.4) is 0 Å². The number of carbonyl (C=O) groups excluding carboxylic acids is 9. The minimum absolute atomic E-state index is 0.0205. The fourth-order valence-corrected chi connectivity index (χ4v) is 21.1. The highest BCUT2D eigenvalue weighted by Crippen LogP contribution is 2.43. The highest BCUT2D eigenvalue weighted by Gasteiger charge is 2.25. The van der Waals surface area contributed by atoms with Gasteiger partial charge in [-0.15, -0.1) is 68.0 Å².